The first-order chi connectivity index (χ1) is 7.65. The molecule has 5 nitrogen and oxygen atoms in total. The van der Waals surface area contributed by atoms with Gasteiger partial charge in [0.05, 0.1) is 28.8 Å². The van der Waals surface area contributed by atoms with E-state index in [4.69, 9.17) is 11.0 Å². The van der Waals surface area contributed by atoms with Crippen molar-refractivity contribution in [3.05, 3.63) is 35.4 Å². The lowest BCUT2D eigenvalue weighted by molar-refractivity contribution is 0.826. The van der Waals surface area contributed by atoms with Gasteiger partial charge in [-0.3, -0.25) is 4.98 Å². The molecule has 0 aromatic carbocycles. The maximum Gasteiger partial charge on any atom is 0.102 e. The van der Waals surface area contributed by atoms with Crippen LogP contribution in [0.5, 0.6) is 0 Å². The van der Waals surface area contributed by atoms with Gasteiger partial charge in [0, 0.05) is 6.20 Å². The first-order valence-electron chi connectivity index (χ1n) is 4.81. The number of nitrogen functional groups attached to an aromatic ring is 1. The molecule has 0 radical (unpaired) electrons. The highest BCUT2D eigenvalue weighted by Gasteiger charge is 2.12. The Morgan fingerprint density at radius 3 is 2.75 bits per heavy atom. The lowest BCUT2D eigenvalue weighted by Crippen LogP contribution is -2.02. The summed E-state index contributed by atoms with van der Waals surface area (Å²) < 4.78 is 1.65. The third-order valence-corrected chi connectivity index (χ3v) is 2.50. The van der Waals surface area contributed by atoms with Gasteiger partial charge in [0.1, 0.15) is 11.8 Å². The summed E-state index contributed by atoms with van der Waals surface area (Å²) in [5.74, 6) is 0. The number of aryl methyl sites for hydroxylation is 1. The average Bonchev–Trinajstić information content (AvgIpc) is 2.57. The number of nitrogens with zero attached hydrogens (tertiary/aromatic N) is 4. The number of rotatable bonds is 1. The second-order valence-electron chi connectivity index (χ2n) is 3.50. The fourth-order valence-corrected chi connectivity index (χ4v) is 1.54. The van der Waals surface area contributed by atoms with Crippen molar-refractivity contribution in [1.29, 1.82) is 5.26 Å². The normalized spacial score (nSPS) is 10.1. The zero-order valence-electron chi connectivity index (χ0n) is 9.10. The van der Waals surface area contributed by atoms with E-state index in [-0.39, 0.29) is 0 Å². The molecule has 2 N–H and O–H groups in total. The summed E-state index contributed by atoms with van der Waals surface area (Å²) in [6.45, 7) is 3.70. The molecule has 2 aromatic heterocycles. The summed E-state index contributed by atoms with van der Waals surface area (Å²) in [6, 6.07) is 3.76. The minimum Gasteiger partial charge on any atom is -0.396 e. The Morgan fingerprint density at radius 2 is 2.19 bits per heavy atom. The summed E-state index contributed by atoms with van der Waals surface area (Å²) in [5.41, 5.74) is 9.25. The van der Waals surface area contributed by atoms with Crippen LogP contribution < -0.4 is 5.73 Å². The molecule has 0 aliphatic carbocycles. The molecule has 0 atom stereocenters. The summed E-state index contributed by atoms with van der Waals surface area (Å²) in [7, 11) is 0. The molecule has 0 bridgehead atoms. The van der Waals surface area contributed by atoms with E-state index < -0.39 is 0 Å². The van der Waals surface area contributed by atoms with E-state index in [9.17, 15) is 0 Å². The van der Waals surface area contributed by atoms with Crippen molar-refractivity contribution in [2.75, 3.05) is 5.73 Å². The molecule has 16 heavy (non-hydrogen) atoms. The van der Waals surface area contributed by atoms with E-state index in [1.54, 1.807) is 23.1 Å². The highest BCUT2D eigenvalue weighted by Crippen LogP contribution is 2.20. The summed E-state index contributed by atoms with van der Waals surface area (Å²) in [4.78, 5) is 4.00. The maximum atomic E-state index is 9.00. The number of hydrogen-bond acceptors (Lipinski definition) is 4. The summed E-state index contributed by atoms with van der Waals surface area (Å²) in [5, 5.41) is 13.3. The quantitative estimate of drug-likeness (QED) is 0.775. The Hall–Kier alpha value is -2.35. The lowest BCUT2D eigenvalue weighted by atomic mass is 10.2. The molecule has 0 aliphatic heterocycles. The molecule has 2 rings (SSSR count). The van der Waals surface area contributed by atoms with Gasteiger partial charge in [-0.2, -0.15) is 10.4 Å². The molecular weight excluding hydrogens is 202 g/mol. The van der Waals surface area contributed by atoms with Crippen LogP contribution in [0.25, 0.3) is 5.69 Å². The standard InChI is InChI=1S/C11H11N5/c1-7-11(13)8(2)16(15-7)10-6-14-4-3-9(10)5-12/h3-4,6H,13H2,1-2H3. The fourth-order valence-electron chi connectivity index (χ4n) is 1.54. The second-order valence-corrected chi connectivity index (χ2v) is 3.50. The van der Waals surface area contributed by atoms with Crippen LogP contribution >= 0.6 is 0 Å². The van der Waals surface area contributed by atoms with Gasteiger partial charge in [0.2, 0.25) is 0 Å². The van der Waals surface area contributed by atoms with Crippen LogP contribution in [-0.2, 0) is 0 Å². The van der Waals surface area contributed by atoms with E-state index in [0.717, 1.165) is 11.4 Å². The van der Waals surface area contributed by atoms with E-state index >= 15 is 0 Å². The van der Waals surface area contributed by atoms with Crippen molar-refractivity contribution in [2.45, 2.75) is 13.8 Å². The predicted octanol–water partition coefficient (Wildman–Crippen LogP) is 1.34. The minimum atomic E-state index is 0.528. The molecule has 2 heterocycles. The molecule has 0 saturated carbocycles. The van der Waals surface area contributed by atoms with Crippen molar-refractivity contribution < 1.29 is 0 Å². The van der Waals surface area contributed by atoms with Crippen LogP contribution in [0.1, 0.15) is 17.0 Å². The zero-order chi connectivity index (χ0) is 11.7. The molecule has 0 amide bonds. The molecule has 2 aromatic rings. The number of hydrogen-bond donors (Lipinski definition) is 1. The monoisotopic (exact) mass is 213 g/mol. The molecular formula is C11H11N5. The second kappa shape index (κ2) is 3.66. The third kappa shape index (κ3) is 1.41. The molecule has 0 spiro atoms. The number of nitrogens with two attached hydrogens (primary N) is 1. The van der Waals surface area contributed by atoms with E-state index in [2.05, 4.69) is 16.2 Å². The van der Waals surface area contributed by atoms with Gasteiger partial charge in [-0.05, 0) is 19.9 Å². The van der Waals surface area contributed by atoms with E-state index in [0.29, 0.717) is 16.9 Å². The summed E-state index contributed by atoms with van der Waals surface area (Å²) in [6.07, 6.45) is 3.19. The van der Waals surface area contributed by atoms with Crippen molar-refractivity contribution >= 4 is 5.69 Å². The van der Waals surface area contributed by atoms with Gasteiger partial charge in [-0.15, -0.1) is 0 Å². The molecule has 80 valence electrons. The number of aromatic nitrogens is 3. The van der Waals surface area contributed by atoms with Crippen LogP contribution in [0.3, 0.4) is 0 Å². The van der Waals surface area contributed by atoms with Crippen LogP contribution in [0.4, 0.5) is 5.69 Å². The maximum absolute atomic E-state index is 9.00. The average molecular weight is 213 g/mol. The first-order valence-corrected chi connectivity index (χ1v) is 4.81. The molecule has 0 unspecified atom stereocenters. The molecule has 5 heteroatoms. The molecule has 0 fully saturated rings. The van der Waals surface area contributed by atoms with Crippen LogP contribution in [0.2, 0.25) is 0 Å². The van der Waals surface area contributed by atoms with E-state index in [1.165, 1.54) is 0 Å². The SMILES string of the molecule is Cc1nn(-c2cnccc2C#N)c(C)c1N. The van der Waals surface area contributed by atoms with Crippen LogP contribution in [0.15, 0.2) is 18.5 Å². The Balaban J connectivity index is 2.69. The van der Waals surface area contributed by atoms with Gasteiger partial charge >= 0.3 is 0 Å². The number of pyridine rings is 1. The lowest BCUT2D eigenvalue weighted by Gasteiger charge is -2.05. The van der Waals surface area contributed by atoms with Gasteiger partial charge in [-0.1, -0.05) is 0 Å². The van der Waals surface area contributed by atoms with Crippen LogP contribution in [0, 0.1) is 25.2 Å². The zero-order valence-corrected chi connectivity index (χ0v) is 9.10. The van der Waals surface area contributed by atoms with Crippen molar-refractivity contribution in [3.63, 3.8) is 0 Å². The van der Waals surface area contributed by atoms with Gasteiger partial charge in [0.15, 0.2) is 0 Å². The van der Waals surface area contributed by atoms with Crippen molar-refractivity contribution in [1.82, 2.24) is 14.8 Å². The fraction of sp³-hybridized carbons (Fsp3) is 0.182. The molecule has 0 aliphatic rings. The Labute approximate surface area is 93.1 Å². The Bertz CT molecular complexity index is 577. The highest BCUT2D eigenvalue weighted by atomic mass is 15.3. The van der Waals surface area contributed by atoms with Gasteiger partial charge in [0.25, 0.3) is 0 Å². The van der Waals surface area contributed by atoms with E-state index in [1.807, 2.05) is 13.8 Å². The highest BCUT2D eigenvalue weighted by molar-refractivity contribution is 5.54. The number of nitriles is 1. The van der Waals surface area contributed by atoms with Crippen molar-refractivity contribution in [2.24, 2.45) is 0 Å². The third-order valence-electron chi connectivity index (χ3n) is 2.50. The summed E-state index contributed by atoms with van der Waals surface area (Å²) >= 11 is 0. The topological polar surface area (TPSA) is 80.5 Å². The van der Waals surface area contributed by atoms with Gasteiger partial charge < -0.3 is 5.73 Å². The first kappa shape index (κ1) is 10.2. The predicted molar refractivity (Wildman–Crippen MR) is 60.0 cm³/mol. The minimum absolute atomic E-state index is 0.528. The van der Waals surface area contributed by atoms with Gasteiger partial charge in [-0.25, -0.2) is 4.68 Å². The number of anilines is 1. The smallest absolute Gasteiger partial charge is 0.102 e. The van der Waals surface area contributed by atoms with Crippen LogP contribution in [-0.4, -0.2) is 14.8 Å². The van der Waals surface area contributed by atoms with Crippen molar-refractivity contribution in [3.8, 4) is 11.8 Å². The Kier molecular flexibility index (Phi) is 2.33. The Morgan fingerprint density at radius 1 is 1.44 bits per heavy atom. The largest absolute Gasteiger partial charge is 0.396 e. The molecule has 0 saturated heterocycles.